The third-order valence-corrected chi connectivity index (χ3v) is 2.71. The number of H-pyrrole nitrogens is 1. The van der Waals surface area contributed by atoms with E-state index >= 15 is 0 Å². The van der Waals surface area contributed by atoms with Gasteiger partial charge in [-0.25, -0.2) is 4.98 Å². The predicted octanol–water partition coefficient (Wildman–Crippen LogP) is 1.46. The summed E-state index contributed by atoms with van der Waals surface area (Å²) in [6.07, 6.45) is 4.38. The van der Waals surface area contributed by atoms with Crippen LogP contribution < -0.4 is 10.1 Å². The number of aromatic nitrogens is 2. The number of hydrogen-bond donors (Lipinski definition) is 3. The summed E-state index contributed by atoms with van der Waals surface area (Å²) in [5.74, 6) is 1.66. The number of phenolic OH excluding ortho intramolecular Hbond substituents is 1. The molecule has 2 rings (SSSR count). The minimum atomic E-state index is 0.200. The van der Waals surface area contributed by atoms with Crippen molar-refractivity contribution in [3.8, 4) is 11.5 Å². The molecular formula is C13H17N3O2. The molecule has 2 aromatic rings. The van der Waals surface area contributed by atoms with Crippen molar-refractivity contribution in [3.05, 3.63) is 42.0 Å². The normalized spacial score (nSPS) is 10.5. The van der Waals surface area contributed by atoms with Crippen molar-refractivity contribution in [1.29, 1.82) is 0 Å². The highest BCUT2D eigenvalue weighted by Crippen LogP contribution is 2.28. The Morgan fingerprint density at radius 2 is 2.33 bits per heavy atom. The fourth-order valence-electron chi connectivity index (χ4n) is 1.74. The molecule has 0 saturated carbocycles. The number of nitrogens with one attached hydrogen (secondary N) is 2. The summed E-state index contributed by atoms with van der Waals surface area (Å²) >= 11 is 0. The highest BCUT2D eigenvalue weighted by Gasteiger charge is 2.06. The summed E-state index contributed by atoms with van der Waals surface area (Å²) in [5, 5.41) is 13.1. The summed E-state index contributed by atoms with van der Waals surface area (Å²) < 4.78 is 5.06. The molecule has 5 heteroatoms. The third kappa shape index (κ3) is 3.01. The van der Waals surface area contributed by atoms with Gasteiger partial charge in [-0.3, -0.25) is 0 Å². The quantitative estimate of drug-likeness (QED) is 0.676. The molecule has 0 atom stereocenters. The van der Waals surface area contributed by atoms with E-state index in [1.807, 2.05) is 18.3 Å². The minimum absolute atomic E-state index is 0.200. The van der Waals surface area contributed by atoms with E-state index in [0.29, 0.717) is 12.3 Å². The molecule has 1 aromatic heterocycles. The zero-order valence-corrected chi connectivity index (χ0v) is 10.3. The highest BCUT2D eigenvalue weighted by molar-refractivity contribution is 5.45. The lowest BCUT2D eigenvalue weighted by molar-refractivity contribution is 0.369. The molecule has 0 unspecified atom stereocenters. The lowest BCUT2D eigenvalue weighted by Gasteiger charge is -2.09. The first-order valence-corrected chi connectivity index (χ1v) is 5.85. The van der Waals surface area contributed by atoms with Gasteiger partial charge >= 0.3 is 0 Å². The Labute approximate surface area is 106 Å². The molecule has 0 aliphatic rings. The van der Waals surface area contributed by atoms with Gasteiger partial charge in [-0.2, -0.15) is 0 Å². The number of imidazole rings is 1. The van der Waals surface area contributed by atoms with Crippen molar-refractivity contribution >= 4 is 0 Å². The summed E-state index contributed by atoms with van der Waals surface area (Å²) in [7, 11) is 1.54. The summed E-state index contributed by atoms with van der Waals surface area (Å²) in [4.78, 5) is 7.19. The van der Waals surface area contributed by atoms with E-state index in [4.69, 9.17) is 4.74 Å². The molecule has 96 valence electrons. The topological polar surface area (TPSA) is 70.2 Å². The molecule has 0 saturated heterocycles. The van der Waals surface area contributed by atoms with Crippen LogP contribution in [0, 0.1) is 0 Å². The molecular weight excluding hydrogens is 230 g/mol. The number of nitrogens with zero attached hydrogens (tertiary/aromatic N) is 1. The Kier molecular flexibility index (Phi) is 4.20. The fourth-order valence-corrected chi connectivity index (χ4v) is 1.74. The molecule has 18 heavy (non-hydrogen) atoms. The van der Waals surface area contributed by atoms with Gasteiger partial charge in [0.05, 0.1) is 7.11 Å². The monoisotopic (exact) mass is 247 g/mol. The molecule has 0 aliphatic heterocycles. The maximum absolute atomic E-state index is 9.89. The maximum Gasteiger partial charge on any atom is 0.162 e. The second-order valence-corrected chi connectivity index (χ2v) is 3.93. The van der Waals surface area contributed by atoms with Gasteiger partial charge in [-0.05, 0) is 6.07 Å². The molecule has 0 bridgehead atoms. The van der Waals surface area contributed by atoms with Crippen molar-refractivity contribution in [2.75, 3.05) is 13.7 Å². The van der Waals surface area contributed by atoms with E-state index in [0.717, 1.165) is 24.4 Å². The Morgan fingerprint density at radius 1 is 1.44 bits per heavy atom. The van der Waals surface area contributed by atoms with Crippen LogP contribution in [0.5, 0.6) is 11.5 Å². The van der Waals surface area contributed by atoms with E-state index in [-0.39, 0.29) is 5.75 Å². The van der Waals surface area contributed by atoms with Crippen LogP contribution in [-0.4, -0.2) is 28.7 Å². The number of hydrogen-bond acceptors (Lipinski definition) is 4. The minimum Gasteiger partial charge on any atom is -0.504 e. The SMILES string of the molecule is COc1cccc(CNCCc2ncc[nH]2)c1O. The molecule has 0 aliphatic carbocycles. The Balaban J connectivity index is 1.83. The fraction of sp³-hybridized carbons (Fsp3) is 0.308. The predicted molar refractivity (Wildman–Crippen MR) is 68.7 cm³/mol. The Hall–Kier alpha value is -2.01. The number of benzene rings is 1. The average Bonchev–Trinajstić information content (AvgIpc) is 2.89. The highest BCUT2D eigenvalue weighted by atomic mass is 16.5. The maximum atomic E-state index is 9.89. The van der Waals surface area contributed by atoms with Gasteiger partial charge in [0.25, 0.3) is 0 Å². The molecule has 3 N–H and O–H groups in total. The number of aromatic hydroxyl groups is 1. The van der Waals surface area contributed by atoms with E-state index in [1.165, 1.54) is 0 Å². The largest absolute Gasteiger partial charge is 0.504 e. The zero-order valence-electron chi connectivity index (χ0n) is 10.3. The smallest absolute Gasteiger partial charge is 0.162 e. The second kappa shape index (κ2) is 6.07. The number of methoxy groups -OCH3 is 1. The van der Waals surface area contributed by atoms with Gasteiger partial charge in [-0.15, -0.1) is 0 Å². The zero-order chi connectivity index (χ0) is 12.8. The molecule has 0 fully saturated rings. The summed E-state index contributed by atoms with van der Waals surface area (Å²) in [6.45, 7) is 1.40. The Morgan fingerprint density at radius 3 is 3.06 bits per heavy atom. The van der Waals surface area contributed by atoms with Crippen molar-refractivity contribution in [2.24, 2.45) is 0 Å². The molecule has 1 aromatic carbocycles. The van der Waals surface area contributed by atoms with Gasteiger partial charge in [-0.1, -0.05) is 12.1 Å². The molecule has 0 spiro atoms. The molecule has 5 nitrogen and oxygen atoms in total. The van der Waals surface area contributed by atoms with Crippen LogP contribution in [0.2, 0.25) is 0 Å². The van der Waals surface area contributed by atoms with Crippen molar-refractivity contribution < 1.29 is 9.84 Å². The van der Waals surface area contributed by atoms with Crippen LogP contribution in [0.4, 0.5) is 0 Å². The van der Waals surface area contributed by atoms with Crippen LogP contribution in [0.3, 0.4) is 0 Å². The van der Waals surface area contributed by atoms with Gasteiger partial charge in [0.1, 0.15) is 5.82 Å². The first kappa shape index (κ1) is 12.4. The lowest BCUT2D eigenvalue weighted by Crippen LogP contribution is -2.17. The van der Waals surface area contributed by atoms with Gasteiger partial charge in [0.2, 0.25) is 0 Å². The molecule has 0 amide bonds. The van der Waals surface area contributed by atoms with Gasteiger partial charge < -0.3 is 20.1 Å². The van der Waals surface area contributed by atoms with Crippen LogP contribution >= 0.6 is 0 Å². The number of phenols is 1. The van der Waals surface area contributed by atoms with E-state index in [2.05, 4.69) is 15.3 Å². The average molecular weight is 247 g/mol. The second-order valence-electron chi connectivity index (χ2n) is 3.93. The summed E-state index contributed by atoms with van der Waals surface area (Å²) in [5.41, 5.74) is 0.828. The number of ether oxygens (including phenoxy) is 1. The van der Waals surface area contributed by atoms with Crippen molar-refractivity contribution in [1.82, 2.24) is 15.3 Å². The summed E-state index contributed by atoms with van der Waals surface area (Å²) in [6, 6.07) is 5.47. The third-order valence-electron chi connectivity index (χ3n) is 2.71. The van der Waals surface area contributed by atoms with Crippen LogP contribution in [0.15, 0.2) is 30.6 Å². The van der Waals surface area contributed by atoms with Crippen LogP contribution in [-0.2, 0) is 13.0 Å². The van der Waals surface area contributed by atoms with Crippen molar-refractivity contribution in [2.45, 2.75) is 13.0 Å². The van der Waals surface area contributed by atoms with E-state index in [9.17, 15) is 5.11 Å². The lowest BCUT2D eigenvalue weighted by atomic mass is 10.2. The van der Waals surface area contributed by atoms with Gasteiger partial charge in [0.15, 0.2) is 11.5 Å². The molecule has 0 radical (unpaired) electrons. The standard InChI is InChI=1S/C13H17N3O2/c1-18-11-4-2-3-10(13(11)17)9-14-6-5-12-15-7-8-16-12/h2-4,7-8,14,17H,5-6,9H2,1H3,(H,15,16). The number of aromatic amines is 1. The van der Waals surface area contributed by atoms with Crippen LogP contribution in [0.1, 0.15) is 11.4 Å². The molecule has 1 heterocycles. The first-order chi connectivity index (χ1) is 8.81. The van der Waals surface area contributed by atoms with Crippen molar-refractivity contribution in [3.63, 3.8) is 0 Å². The number of rotatable bonds is 6. The van der Waals surface area contributed by atoms with Crippen LogP contribution in [0.25, 0.3) is 0 Å². The van der Waals surface area contributed by atoms with Gasteiger partial charge in [0, 0.05) is 37.5 Å². The number of para-hydroxylation sites is 1. The Bertz CT molecular complexity index is 483. The van der Waals surface area contributed by atoms with E-state index in [1.54, 1.807) is 19.4 Å². The van der Waals surface area contributed by atoms with E-state index < -0.39 is 0 Å². The first-order valence-electron chi connectivity index (χ1n) is 5.85.